The third-order valence-corrected chi connectivity index (χ3v) is 7.37. The summed E-state index contributed by atoms with van der Waals surface area (Å²) in [5.41, 5.74) is 4.55. The maximum Gasteiger partial charge on any atom is 0.227 e. The summed E-state index contributed by atoms with van der Waals surface area (Å²) in [6.07, 6.45) is 4.45. The number of benzene rings is 3. The summed E-state index contributed by atoms with van der Waals surface area (Å²) in [5, 5.41) is 4.47. The smallest absolute Gasteiger partial charge is 0.227 e. The van der Waals surface area contributed by atoms with Crippen LogP contribution in [0.15, 0.2) is 89.5 Å². The first-order valence-electron chi connectivity index (χ1n) is 12.9. The van der Waals surface area contributed by atoms with Crippen LogP contribution in [0.2, 0.25) is 0 Å². The van der Waals surface area contributed by atoms with Crippen molar-refractivity contribution in [3.63, 3.8) is 0 Å². The Kier molecular flexibility index (Phi) is 7.26. The highest BCUT2D eigenvalue weighted by atomic mass is 16.5. The molecule has 1 fully saturated rings. The number of hydrogen-bond donors (Lipinski definition) is 0. The van der Waals surface area contributed by atoms with Crippen molar-refractivity contribution in [2.45, 2.75) is 50.9 Å². The molecule has 5 rings (SSSR count). The molecule has 0 spiro atoms. The summed E-state index contributed by atoms with van der Waals surface area (Å²) in [7, 11) is 0. The zero-order valence-corrected chi connectivity index (χ0v) is 20.9. The summed E-state index contributed by atoms with van der Waals surface area (Å²) in [6, 6.07) is 29.2. The number of amides is 1. The van der Waals surface area contributed by atoms with Crippen LogP contribution in [0.3, 0.4) is 0 Å². The minimum atomic E-state index is -0.344. The molecule has 0 unspecified atom stereocenters. The van der Waals surface area contributed by atoms with E-state index in [1.54, 1.807) is 0 Å². The largest absolute Gasteiger partial charge is 0.343 e. The Morgan fingerprint density at radius 1 is 0.861 bits per heavy atom. The van der Waals surface area contributed by atoms with E-state index in [4.69, 9.17) is 9.51 Å². The van der Waals surface area contributed by atoms with Gasteiger partial charge >= 0.3 is 0 Å². The topological polar surface area (TPSA) is 59.2 Å². The van der Waals surface area contributed by atoms with Crippen molar-refractivity contribution in [2.24, 2.45) is 0 Å². The summed E-state index contributed by atoms with van der Waals surface area (Å²) >= 11 is 0. The van der Waals surface area contributed by atoms with E-state index in [-0.39, 0.29) is 11.3 Å². The second-order valence-corrected chi connectivity index (χ2v) is 9.82. The van der Waals surface area contributed by atoms with Crippen LogP contribution in [0.1, 0.15) is 53.2 Å². The first-order chi connectivity index (χ1) is 17.6. The maximum atomic E-state index is 13.0. The molecule has 4 aromatic rings. The first kappa shape index (κ1) is 24.0. The van der Waals surface area contributed by atoms with E-state index in [2.05, 4.69) is 84.9 Å². The molecule has 1 aliphatic heterocycles. The molecule has 1 saturated heterocycles. The molecule has 5 heteroatoms. The van der Waals surface area contributed by atoms with Crippen molar-refractivity contribution >= 4 is 5.91 Å². The van der Waals surface area contributed by atoms with Crippen molar-refractivity contribution in [1.82, 2.24) is 15.0 Å². The van der Waals surface area contributed by atoms with Crippen molar-refractivity contribution in [2.75, 3.05) is 13.1 Å². The second kappa shape index (κ2) is 10.9. The average molecular weight is 480 g/mol. The second-order valence-electron chi connectivity index (χ2n) is 9.82. The van der Waals surface area contributed by atoms with Crippen LogP contribution in [0, 0.1) is 6.92 Å². The van der Waals surface area contributed by atoms with Gasteiger partial charge in [0.15, 0.2) is 5.82 Å². The van der Waals surface area contributed by atoms with Crippen LogP contribution < -0.4 is 0 Å². The van der Waals surface area contributed by atoms with Crippen molar-refractivity contribution in [1.29, 1.82) is 0 Å². The number of hydrogen-bond acceptors (Lipinski definition) is 4. The highest BCUT2D eigenvalue weighted by molar-refractivity contribution is 5.76. The van der Waals surface area contributed by atoms with Crippen molar-refractivity contribution in [3.8, 4) is 0 Å². The van der Waals surface area contributed by atoms with Gasteiger partial charge in [-0.3, -0.25) is 4.79 Å². The van der Waals surface area contributed by atoms with E-state index in [1.165, 1.54) is 22.3 Å². The van der Waals surface area contributed by atoms with Crippen molar-refractivity contribution < 1.29 is 9.32 Å². The Labute approximate surface area is 213 Å². The molecule has 36 heavy (non-hydrogen) atoms. The highest BCUT2D eigenvalue weighted by Crippen LogP contribution is 2.40. The van der Waals surface area contributed by atoms with E-state index in [0.717, 1.165) is 31.5 Å². The number of carbonyl (C=O) groups is 1. The van der Waals surface area contributed by atoms with Gasteiger partial charge in [0.1, 0.15) is 0 Å². The molecule has 0 radical (unpaired) electrons. The van der Waals surface area contributed by atoms with E-state index in [9.17, 15) is 4.79 Å². The molecule has 3 aromatic carbocycles. The summed E-state index contributed by atoms with van der Waals surface area (Å²) in [6.45, 7) is 3.47. The fourth-order valence-electron chi connectivity index (χ4n) is 5.26. The summed E-state index contributed by atoms with van der Waals surface area (Å²) in [5.74, 6) is 1.62. The predicted octanol–water partition coefficient (Wildman–Crippen LogP) is 5.70. The highest BCUT2D eigenvalue weighted by Gasteiger charge is 2.42. The molecule has 0 atom stereocenters. The third-order valence-electron chi connectivity index (χ3n) is 7.37. The van der Waals surface area contributed by atoms with E-state index in [1.807, 2.05) is 17.0 Å². The van der Waals surface area contributed by atoms with Gasteiger partial charge in [-0.1, -0.05) is 95.6 Å². The van der Waals surface area contributed by atoms with Gasteiger partial charge in [0, 0.05) is 25.9 Å². The Morgan fingerprint density at radius 3 is 2.28 bits per heavy atom. The molecular weight excluding hydrogens is 446 g/mol. The van der Waals surface area contributed by atoms with Gasteiger partial charge in [-0.2, -0.15) is 4.98 Å². The first-order valence-corrected chi connectivity index (χ1v) is 12.9. The van der Waals surface area contributed by atoms with Gasteiger partial charge in [0.05, 0.1) is 5.41 Å². The molecule has 0 N–H and O–H groups in total. The van der Waals surface area contributed by atoms with Crippen LogP contribution in [0.25, 0.3) is 0 Å². The average Bonchev–Trinajstić information content (AvgIpc) is 3.41. The number of carbonyl (C=O) groups excluding carboxylic acids is 1. The molecule has 0 aliphatic carbocycles. The SMILES string of the molecule is Cc1cccc(CCC(=O)N2CCC(c3ccccc3)(c3noc(CCc4ccccc4)n3)CC2)c1. The number of rotatable bonds is 8. The van der Waals surface area contributed by atoms with Gasteiger partial charge in [-0.25, -0.2) is 0 Å². The standard InChI is InChI=1S/C31H33N3O2/c1-24-9-8-12-26(23-24)16-18-29(35)34-21-19-31(20-22-34,27-13-6-3-7-14-27)30-32-28(36-33-30)17-15-25-10-4-2-5-11-25/h2-14,23H,15-22H2,1H3. The molecule has 184 valence electrons. The van der Waals surface area contributed by atoms with Gasteiger partial charge in [0.25, 0.3) is 0 Å². The van der Waals surface area contributed by atoms with Crippen LogP contribution in [0.4, 0.5) is 0 Å². The predicted molar refractivity (Wildman–Crippen MR) is 141 cm³/mol. The lowest BCUT2D eigenvalue weighted by atomic mass is 9.72. The number of aromatic nitrogens is 2. The molecule has 0 saturated carbocycles. The fraction of sp³-hybridized carbons (Fsp3) is 0.323. The molecule has 1 aromatic heterocycles. The van der Waals surface area contributed by atoms with Crippen LogP contribution in [-0.2, 0) is 29.5 Å². The lowest BCUT2D eigenvalue weighted by molar-refractivity contribution is -0.132. The molecule has 0 bridgehead atoms. The maximum absolute atomic E-state index is 13.0. The molecular formula is C31H33N3O2. The summed E-state index contributed by atoms with van der Waals surface area (Å²) < 4.78 is 5.72. The van der Waals surface area contributed by atoms with Gasteiger partial charge in [-0.15, -0.1) is 0 Å². The van der Waals surface area contributed by atoms with Crippen LogP contribution >= 0.6 is 0 Å². The minimum Gasteiger partial charge on any atom is -0.343 e. The number of likely N-dealkylation sites (tertiary alicyclic amines) is 1. The zero-order valence-electron chi connectivity index (χ0n) is 20.9. The molecule has 2 heterocycles. The molecule has 5 nitrogen and oxygen atoms in total. The van der Waals surface area contributed by atoms with E-state index < -0.39 is 0 Å². The molecule has 1 amide bonds. The zero-order chi connectivity index (χ0) is 24.8. The quantitative estimate of drug-likeness (QED) is 0.325. The third kappa shape index (κ3) is 5.40. The Balaban J connectivity index is 1.28. The minimum absolute atomic E-state index is 0.217. The van der Waals surface area contributed by atoms with Crippen LogP contribution in [-0.4, -0.2) is 34.0 Å². The van der Waals surface area contributed by atoms with Gasteiger partial charge < -0.3 is 9.42 Å². The normalized spacial score (nSPS) is 15.1. The Morgan fingerprint density at radius 2 is 1.56 bits per heavy atom. The van der Waals surface area contributed by atoms with Gasteiger partial charge in [0.2, 0.25) is 11.8 Å². The number of aryl methyl sites for hydroxylation is 4. The van der Waals surface area contributed by atoms with E-state index >= 15 is 0 Å². The Hall–Kier alpha value is -3.73. The number of piperidine rings is 1. The number of nitrogens with zero attached hydrogens (tertiary/aromatic N) is 3. The van der Waals surface area contributed by atoms with Crippen molar-refractivity contribution in [3.05, 3.63) is 119 Å². The van der Waals surface area contributed by atoms with Gasteiger partial charge in [-0.05, 0) is 49.3 Å². The monoisotopic (exact) mass is 479 g/mol. The fourth-order valence-corrected chi connectivity index (χ4v) is 5.26. The Bertz CT molecular complexity index is 1280. The lowest BCUT2D eigenvalue weighted by Crippen LogP contribution is -2.46. The lowest BCUT2D eigenvalue weighted by Gasteiger charge is -2.40. The molecule has 1 aliphatic rings. The van der Waals surface area contributed by atoms with E-state index in [0.29, 0.717) is 31.8 Å². The summed E-state index contributed by atoms with van der Waals surface area (Å²) in [4.78, 5) is 19.9. The van der Waals surface area contributed by atoms with Crippen LogP contribution in [0.5, 0.6) is 0 Å².